The highest BCUT2D eigenvalue weighted by atomic mass is 35.5. The van der Waals surface area contributed by atoms with E-state index in [1.807, 2.05) is 13.0 Å². The van der Waals surface area contributed by atoms with Crippen LogP contribution in [0.3, 0.4) is 0 Å². The second-order valence-electron chi connectivity index (χ2n) is 3.62. The van der Waals surface area contributed by atoms with Crippen LogP contribution in [0, 0.1) is 11.6 Å². The van der Waals surface area contributed by atoms with E-state index in [4.69, 9.17) is 23.8 Å². The Bertz CT molecular complexity index is 604. The van der Waals surface area contributed by atoms with E-state index in [0.717, 1.165) is 5.56 Å². The average Bonchev–Trinajstić information content (AvgIpc) is 2.65. The number of benzene rings is 1. The monoisotopic (exact) mass is 274 g/mol. The molecule has 0 aliphatic heterocycles. The lowest BCUT2D eigenvalue weighted by Gasteiger charge is -2.05. The van der Waals surface area contributed by atoms with E-state index >= 15 is 0 Å². The minimum atomic E-state index is -2.57. The van der Waals surface area contributed by atoms with Gasteiger partial charge in [-0.3, -0.25) is 5.10 Å². The van der Waals surface area contributed by atoms with Crippen LogP contribution < -0.4 is 0 Å². The van der Waals surface area contributed by atoms with Crippen LogP contribution in [0.25, 0.3) is 5.69 Å². The molecule has 0 radical (unpaired) electrons. The summed E-state index contributed by atoms with van der Waals surface area (Å²) in [5, 5.41) is 3.11. The van der Waals surface area contributed by atoms with Gasteiger partial charge in [-0.25, -0.2) is 13.5 Å². The van der Waals surface area contributed by atoms with Gasteiger partial charge < -0.3 is 0 Å². The molecular weight excluding hydrogens is 266 g/mol. The Morgan fingerprint density at radius 3 is 2.59 bits per heavy atom. The van der Waals surface area contributed by atoms with Gasteiger partial charge >= 0.3 is 0 Å². The van der Waals surface area contributed by atoms with E-state index in [0.29, 0.717) is 15.4 Å². The largest absolute Gasteiger partial charge is 0.291 e. The average molecular weight is 275 g/mol. The predicted octanol–water partition coefficient (Wildman–Crippen LogP) is 4.43. The topological polar surface area (TPSA) is 20.7 Å². The first-order chi connectivity index (χ1) is 7.99. The number of nitrogens with one attached hydrogen (secondary N) is 1. The van der Waals surface area contributed by atoms with E-state index in [1.54, 1.807) is 12.1 Å². The molecule has 1 heterocycles. The fourth-order valence-corrected chi connectivity index (χ4v) is 1.89. The molecule has 0 aliphatic carbocycles. The number of alkyl halides is 2. The van der Waals surface area contributed by atoms with Crippen molar-refractivity contribution in [3.63, 3.8) is 0 Å². The maximum atomic E-state index is 12.5. The summed E-state index contributed by atoms with van der Waals surface area (Å²) in [7, 11) is 0. The van der Waals surface area contributed by atoms with Crippen molar-refractivity contribution in [3.05, 3.63) is 45.2 Å². The molecule has 90 valence electrons. The summed E-state index contributed by atoms with van der Waals surface area (Å²) in [6, 6.07) is 6.50. The van der Waals surface area contributed by atoms with Crippen LogP contribution in [0.4, 0.5) is 8.78 Å². The molecule has 0 aliphatic rings. The molecule has 0 bridgehead atoms. The molecule has 1 aromatic carbocycles. The smallest absolute Gasteiger partial charge is 0.279 e. The van der Waals surface area contributed by atoms with Crippen LogP contribution in [0.15, 0.2) is 24.3 Å². The number of aromatic amines is 1. The van der Waals surface area contributed by atoms with E-state index in [2.05, 4.69) is 5.10 Å². The lowest BCUT2D eigenvalue weighted by Crippen LogP contribution is -1.98. The molecule has 0 unspecified atom stereocenters. The fraction of sp³-hybridized carbons (Fsp3) is 0.182. The molecule has 2 nitrogen and oxygen atoms in total. The first-order valence-corrected chi connectivity index (χ1v) is 5.64. The minimum absolute atomic E-state index is 0.202. The molecule has 0 atom stereocenters. The molecule has 0 saturated heterocycles. The van der Waals surface area contributed by atoms with Gasteiger partial charge in [-0.15, -0.1) is 0 Å². The Morgan fingerprint density at radius 1 is 1.35 bits per heavy atom. The third-order valence-electron chi connectivity index (χ3n) is 2.39. The quantitative estimate of drug-likeness (QED) is 0.803. The van der Waals surface area contributed by atoms with Crippen LogP contribution >= 0.6 is 23.8 Å². The van der Waals surface area contributed by atoms with Crippen LogP contribution in [0.5, 0.6) is 0 Å². The van der Waals surface area contributed by atoms with Crippen LogP contribution in [-0.4, -0.2) is 9.78 Å². The first kappa shape index (κ1) is 12.3. The van der Waals surface area contributed by atoms with Crippen LogP contribution in [-0.2, 0) is 0 Å². The van der Waals surface area contributed by atoms with Gasteiger partial charge in [0.15, 0.2) is 0 Å². The molecule has 0 amide bonds. The van der Waals surface area contributed by atoms with Crippen LogP contribution in [0.1, 0.15) is 17.7 Å². The number of nitrogens with zero attached hydrogens (tertiary/aromatic N) is 1. The zero-order valence-corrected chi connectivity index (χ0v) is 10.4. The molecule has 0 fully saturated rings. The van der Waals surface area contributed by atoms with Gasteiger partial charge in [-0.05, 0) is 24.6 Å². The number of aryl methyl sites for hydroxylation is 1. The molecule has 6 heteroatoms. The molecule has 2 aromatic rings. The summed E-state index contributed by atoms with van der Waals surface area (Å²) in [4.78, 5) is 0. The van der Waals surface area contributed by atoms with Crippen molar-refractivity contribution in [2.75, 3.05) is 0 Å². The molecule has 2 rings (SSSR count). The third-order valence-corrected chi connectivity index (χ3v) is 3.10. The third kappa shape index (κ3) is 2.40. The number of rotatable bonds is 2. The molecule has 17 heavy (non-hydrogen) atoms. The number of H-pyrrole nitrogens is 1. The second kappa shape index (κ2) is 4.58. The van der Waals surface area contributed by atoms with Crippen molar-refractivity contribution in [2.45, 2.75) is 13.3 Å². The number of halogens is 3. The second-order valence-corrected chi connectivity index (χ2v) is 4.44. The van der Waals surface area contributed by atoms with Crippen LogP contribution in [0.2, 0.25) is 5.02 Å². The maximum Gasteiger partial charge on any atom is 0.279 e. The van der Waals surface area contributed by atoms with E-state index in [1.165, 1.54) is 10.7 Å². The zero-order valence-electron chi connectivity index (χ0n) is 8.88. The van der Waals surface area contributed by atoms with Crippen molar-refractivity contribution in [1.29, 1.82) is 0 Å². The van der Waals surface area contributed by atoms with Crippen molar-refractivity contribution >= 4 is 23.8 Å². The fourth-order valence-electron chi connectivity index (χ4n) is 1.44. The van der Waals surface area contributed by atoms with Gasteiger partial charge in [0, 0.05) is 11.1 Å². The van der Waals surface area contributed by atoms with E-state index in [9.17, 15) is 8.78 Å². The van der Waals surface area contributed by atoms with Gasteiger partial charge in [-0.1, -0.05) is 29.9 Å². The standard InChI is InChI=1S/C11H9ClF2N2S/c1-6-2-3-7(4-8(6)12)16-10(17)5-9(15-16)11(13)14/h2-5,11,15H,1H3. The molecular formula is C11H9ClF2N2S. The Balaban J connectivity index is 2.53. The summed E-state index contributed by atoms with van der Waals surface area (Å²) in [5.74, 6) is 0. The van der Waals surface area contributed by atoms with Gasteiger partial charge in [0.2, 0.25) is 0 Å². The summed E-state index contributed by atoms with van der Waals surface area (Å²) in [6.45, 7) is 1.87. The molecule has 1 aromatic heterocycles. The Labute approximate surface area is 107 Å². The normalized spacial score (nSPS) is 11.1. The Hall–Kier alpha value is -1.20. The van der Waals surface area contributed by atoms with Crippen molar-refractivity contribution < 1.29 is 8.78 Å². The van der Waals surface area contributed by atoms with Crippen molar-refractivity contribution in [3.8, 4) is 5.69 Å². The molecule has 0 spiro atoms. The highest BCUT2D eigenvalue weighted by Crippen LogP contribution is 2.22. The maximum absolute atomic E-state index is 12.5. The number of hydrogen-bond acceptors (Lipinski definition) is 1. The van der Waals surface area contributed by atoms with Crippen molar-refractivity contribution in [1.82, 2.24) is 9.78 Å². The summed E-state index contributed by atoms with van der Waals surface area (Å²) in [6.07, 6.45) is -2.57. The van der Waals surface area contributed by atoms with E-state index in [-0.39, 0.29) is 5.69 Å². The Morgan fingerprint density at radius 2 is 2.06 bits per heavy atom. The van der Waals surface area contributed by atoms with Gasteiger partial charge in [-0.2, -0.15) is 0 Å². The summed E-state index contributed by atoms with van der Waals surface area (Å²) >= 11 is 11.0. The highest BCUT2D eigenvalue weighted by molar-refractivity contribution is 7.71. The van der Waals surface area contributed by atoms with Gasteiger partial charge in [0.05, 0.1) is 5.69 Å². The lowest BCUT2D eigenvalue weighted by atomic mass is 10.2. The number of hydrogen-bond donors (Lipinski definition) is 1. The molecule has 0 saturated carbocycles. The zero-order chi connectivity index (χ0) is 12.6. The van der Waals surface area contributed by atoms with Crippen molar-refractivity contribution in [2.24, 2.45) is 0 Å². The minimum Gasteiger partial charge on any atom is -0.291 e. The number of aromatic nitrogens is 2. The summed E-state index contributed by atoms with van der Waals surface area (Å²) < 4.78 is 26.7. The lowest BCUT2D eigenvalue weighted by molar-refractivity contribution is 0.145. The SMILES string of the molecule is Cc1ccc(-n2[nH]c(C(F)F)cc2=S)cc1Cl. The first-order valence-electron chi connectivity index (χ1n) is 4.85. The van der Waals surface area contributed by atoms with E-state index < -0.39 is 6.43 Å². The van der Waals surface area contributed by atoms with Gasteiger partial charge in [0.25, 0.3) is 6.43 Å². The predicted molar refractivity (Wildman–Crippen MR) is 65.7 cm³/mol. The Kier molecular flexibility index (Phi) is 3.31. The molecule has 1 N–H and O–H groups in total. The highest BCUT2D eigenvalue weighted by Gasteiger charge is 2.11. The van der Waals surface area contributed by atoms with Gasteiger partial charge in [0.1, 0.15) is 10.3 Å². The summed E-state index contributed by atoms with van der Waals surface area (Å²) in [5.41, 5.74) is 1.35.